The minimum absolute atomic E-state index is 0.128. The van der Waals surface area contributed by atoms with Gasteiger partial charge in [-0.05, 0) is 37.0 Å². The number of hydrogen-bond acceptors (Lipinski definition) is 4. The van der Waals surface area contributed by atoms with Gasteiger partial charge in [0, 0.05) is 5.41 Å². The number of aliphatic carboxylic acids is 4. The van der Waals surface area contributed by atoms with E-state index in [4.69, 9.17) is 0 Å². The Balaban J connectivity index is 4.12. The lowest BCUT2D eigenvalue weighted by Gasteiger charge is -2.58. The van der Waals surface area contributed by atoms with Crippen molar-refractivity contribution >= 4 is 23.9 Å². The van der Waals surface area contributed by atoms with Crippen LogP contribution in [0.2, 0.25) is 0 Å². The van der Waals surface area contributed by atoms with Crippen molar-refractivity contribution in [3.05, 3.63) is 0 Å². The molecule has 1 aliphatic carbocycles. The first-order chi connectivity index (χ1) is 13.3. The fourth-order valence-electron chi connectivity index (χ4n) is 6.19. The van der Waals surface area contributed by atoms with Gasteiger partial charge in [0.15, 0.2) is 10.8 Å². The van der Waals surface area contributed by atoms with Crippen molar-refractivity contribution < 1.29 is 39.6 Å². The Hall–Kier alpha value is -2.12. The largest absolute Gasteiger partial charge is 0.480 e. The molecule has 2 atom stereocenters. The first kappa shape index (κ1) is 24.9. The fraction of sp³-hybridized carbons (Fsp3) is 0.810. The number of carboxylic acid groups (broad SMARTS) is 4. The number of rotatable bonds is 10. The van der Waals surface area contributed by atoms with Crippen molar-refractivity contribution in [3.63, 3.8) is 0 Å². The molecule has 29 heavy (non-hydrogen) atoms. The average Bonchev–Trinajstić information content (AvgIpc) is 2.55. The van der Waals surface area contributed by atoms with Crippen molar-refractivity contribution in [2.24, 2.45) is 34.0 Å². The van der Waals surface area contributed by atoms with Crippen LogP contribution >= 0.6 is 0 Å². The minimum atomic E-state index is -2.29. The van der Waals surface area contributed by atoms with Crippen LogP contribution in [0.3, 0.4) is 0 Å². The predicted octanol–water partition coefficient (Wildman–Crippen LogP) is 3.59. The Morgan fingerprint density at radius 2 is 1.34 bits per heavy atom. The van der Waals surface area contributed by atoms with Crippen LogP contribution in [0.4, 0.5) is 0 Å². The van der Waals surface area contributed by atoms with E-state index >= 15 is 0 Å². The molecular formula is C21H34O8. The molecule has 2 unspecified atom stereocenters. The van der Waals surface area contributed by atoms with E-state index in [0.29, 0.717) is 19.3 Å². The van der Waals surface area contributed by atoms with Gasteiger partial charge in [-0.3, -0.25) is 19.2 Å². The zero-order valence-electron chi connectivity index (χ0n) is 17.9. The highest BCUT2D eigenvalue weighted by molar-refractivity contribution is 6.02. The molecule has 0 aliphatic heterocycles. The van der Waals surface area contributed by atoms with Crippen molar-refractivity contribution in [2.45, 2.75) is 73.1 Å². The summed E-state index contributed by atoms with van der Waals surface area (Å²) in [5.41, 5.74) is -6.08. The Kier molecular flexibility index (Phi) is 7.49. The van der Waals surface area contributed by atoms with E-state index in [1.165, 1.54) is 27.7 Å². The molecule has 0 aromatic rings. The number of hydrogen-bond donors (Lipinski definition) is 4. The maximum absolute atomic E-state index is 12.6. The Bertz CT molecular complexity index is 634. The first-order valence-electron chi connectivity index (χ1n) is 10.2. The van der Waals surface area contributed by atoms with E-state index in [1.54, 1.807) is 6.92 Å². The number of carboxylic acids is 4. The fourth-order valence-corrected chi connectivity index (χ4v) is 6.19. The van der Waals surface area contributed by atoms with Crippen LogP contribution in [0.1, 0.15) is 73.1 Å². The third-order valence-electron chi connectivity index (χ3n) is 7.22. The van der Waals surface area contributed by atoms with E-state index in [9.17, 15) is 39.6 Å². The lowest BCUT2D eigenvalue weighted by Crippen LogP contribution is -2.66. The SMILES string of the molecule is CCCC1(C(C(=O)O)(C(=O)O)C(C)C)CCCCC1C(C(=O)O)(C(=O)O)C(C)C. The second kappa shape index (κ2) is 8.71. The maximum atomic E-state index is 12.6. The minimum Gasteiger partial charge on any atom is -0.480 e. The van der Waals surface area contributed by atoms with Gasteiger partial charge in [-0.1, -0.05) is 53.9 Å². The van der Waals surface area contributed by atoms with Crippen LogP contribution in [-0.4, -0.2) is 44.3 Å². The molecule has 8 heteroatoms. The molecule has 0 saturated heterocycles. The van der Waals surface area contributed by atoms with Crippen LogP contribution in [0.15, 0.2) is 0 Å². The van der Waals surface area contributed by atoms with Gasteiger partial charge >= 0.3 is 23.9 Å². The summed E-state index contributed by atoms with van der Waals surface area (Å²) in [6, 6.07) is 0. The summed E-state index contributed by atoms with van der Waals surface area (Å²) in [5, 5.41) is 40.7. The normalized spacial score (nSPS) is 23.2. The molecule has 0 amide bonds. The van der Waals surface area contributed by atoms with Crippen molar-refractivity contribution in [1.82, 2.24) is 0 Å². The van der Waals surface area contributed by atoms with Gasteiger partial charge in [0.25, 0.3) is 0 Å². The molecule has 0 radical (unpaired) electrons. The molecule has 0 bridgehead atoms. The Morgan fingerprint density at radius 1 is 0.862 bits per heavy atom. The summed E-state index contributed by atoms with van der Waals surface area (Å²) < 4.78 is 0. The van der Waals surface area contributed by atoms with E-state index < -0.39 is 57.9 Å². The second-order valence-electron chi connectivity index (χ2n) is 8.91. The van der Waals surface area contributed by atoms with Gasteiger partial charge < -0.3 is 20.4 Å². The van der Waals surface area contributed by atoms with Crippen molar-refractivity contribution in [3.8, 4) is 0 Å². The molecule has 1 aliphatic rings. The third-order valence-corrected chi connectivity index (χ3v) is 7.22. The van der Waals surface area contributed by atoms with Crippen LogP contribution in [-0.2, 0) is 19.2 Å². The molecule has 4 N–H and O–H groups in total. The zero-order chi connectivity index (χ0) is 22.8. The van der Waals surface area contributed by atoms with Crippen LogP contribution in [0.25, 0.3) is 0 Å². The smallest absolute Gasteiger partial charge is 0.321 e. The molecule has 0 aromatic carbocycles. The van der Waals surface area contributed by atoms with Crippen LogP contribution in [0.5, 0.6) is 0 Å². The highest BCUT2D eigenvalue weighted by atomic mass is 16.4. The van der Waals surface area contributed by atoms with Gasteiger partial charge in [0.1, 0.15) is 0 Å². The Labute approximate surface area is 171 Å². The summed E-state index contributed by atoms with van der Waals surface area (Å²) in [5.74, 6) is -9.00. The molecule has 0 aromatic heterocycles. The quantitative estimate of drug-likeness (QED) is 0.396. The van der Waals surface area contributed by atoms with Gasteiger partial charge in [0.2, 0.25) is 0 Å². The summed E-state index contributed by atoms with van der Waals surface area (Å²) in [6.07, 6.45) is 1.92. The van der Waals surface area contributed by atoms with Gasteiger partial charge in [-0.25, -0.2) is 0 Å². The first-order valence-corrected chi connectivity index (χ1v) is 10.2. The van der Waals surface area contributed by atoms with Gasteiger partial charge in [-0.2, -0.15) is 0 Å². The summed E-state index contributed by atoms with van der Waals surface area (Å²) in [6.45, 7) is 7.77. The van der Waals surface area contributed by atoms with E-state index in [-0.39, 0.29) is 19.3 Å². The summed E-state index contributed by atoms with van der Waals surface area (Å²) in [4.78, 5) is 50.1. The van der Waals surface area contributed by atoms with Crippen LogP contribution < -0.4 is 0 Å². The highest BCUT2D eigenvalue weighted by Gasteiger charge is 2.72. The molecule has 1 saturated carbocycles. The van der Waals surface area contributed by atoms with E-state index in [0.717, 1.165) is 0 Å². The predicted molar refractivity (Wildman–Crippen MR) is 104 cm³/mol. The molecule has 8 nitrogen and oxygen atoms in total. The lowest BCUT2D eigenvalue weighted by molar-refractivity contribution is -0.212. The Morgan fingerprint density at radius 3 is 1.66 bits per heavy atom. The molecule has 0 spiro atoms. The standard InChI is InChI=1S/C21H34O8/c1-6-10-19(21(13(4)5,17(26)27)18(28)29)11-8-7-9-14(19)20(12(2)3,15(22)23)16(24)25/h12-14H,6-11H2,1-5H3,(H,22,23)(H,24,25)(H,26,27)(H,28,29). The summed E-state index contributed by atoms with van der Waals surface area (Å²) in [7, 11) is 0. The topological polar surface area (TPSA) is 149 Å². The molecule has 1 rings (SSSR count). The van der Waals surface area contributed by atoms with Crippen molar-refractivity contribution in [1.29, 1.82) is 0 Å². The molecule has 0 heterocycles. The number of carbonyl (C=O) groups is 4. The molecular weight excluding hydrogens is 380 g/mol. The van der Waals surface area contributed by atoms with Gasteiger partial charge in [0.05, 0.1) is 0 Å². The second-order valence-corrected chi connectivity index (χ2v) is 8.91. The maximum Gasteiger partial charge on any atom is 0.321 e. The van der Waals surface area contributed by atoms with E-state index in [1.807, 2.05) is 0 Å². The highest BCUT2D eigenvalue weighted by Crippen LogP contribution is 2.65. The van der Waals surface area contributed by atoms with E-state index in [2.05, 4.69) is 0 Å². The third kappa shape index (κ3) is 3.30. The zero-order valence-corrected chi connectivity index (χ0v) is 17.9. The lowest BCUT2D eigenvalue weighted by atomic mass is 9.42. The summed E-state index contributed by atoms with van der Waals surface area (Å²) >= 11 is 0. The average molecular weight is 414 g/mol. The van der Waals surface area contributed by atoms with Crippen LogP contribution in [0, 0.1) is 34.0 Å². The molecule has 1 fully saturated rings. The monoisotopic (exact) mass is 414 g/mol. The van der Waals surface area contributed by atoms with Crippen molar-refractivity contribution in [2.75, 3.05) is 0 Å². The molecule has 166 valence electrons. The van der Waals surface area contributed by atoms with Gasteiger partial charge in [-0.15, -0.1) is 0 Å².